The highest BCUT2D eigenvalue weighted by molar-refractivity contribution is 5.34. The van der Waals surface area contributed by atoms with Gasteiger partial charge in [-0.2, -0.15) is 0 Å². The van der Waals surface area contributed by atoms with Gasteiger partial charge in [0.05, 0.1) is 10.6 Å². The van der Waals surface area contributed by atoms with Gasteiger partial charge in [-0.3, -0.25) is 14.7 Å². The van der Waals surface area contributed by atoms with Crippen molar-refractivity contribution in [3.63, 3.8) is 0 Å². The van der Waals surface area contributed by atoms with E-state index in [0.29, 0.717) is 5.82 Å². The van der Waals surface area contributed by atoms with Crippen LogP contribution in [0.5, 0.6) is 0 Å². The molecule has 0 aliphatic carbocycles. The van der Waals surface area contributed by atoms with E-state index in [4.69, 9.17) is 0 Å². The number of hydrogen-bond donors (Lipinski definition) is 0. The number of hydrogen-bond acceptors (Lipinski definition) is 4. The van der Waals surface area contributed by atoms with Crippen molar-refractivity contribution in [1.82, 2.24) is 14.5 Å². The summed E-state index contributed by atoms with van der Waals surface area (Å²) in [5, 5.41) is 10.5. The second-order valence-electron chi connectivity index (χ2n) is 3.43. The maximum absolute atomic E-state index is 10.5. The molecule has 16 heavy (non-hydrogen) atoms. The van der Waals surface area contributed by atoms with Crippen LogP contribution in [0.15, 0.2) is 24.5 Å². The molecule has 0 saturated heterocycles. The van der Waals surface area contributed by atoms with Gasteiger partial charge in [0.25, 0.3) is 5.69 Å². The van der Waals surface area contributed by atoms with Crippen molar-refractivity contribution in [3.8, 4) is 5.82 Å². The molecule has 0 atom stereocenters. The van der Waals surface area contributed by atoms with Gasteiger partial charge in [-0.15, -0.1) is 0 Å². The lowest BCUT2D eigenvalue weighted by Crippen LogP contribution is -1.99. The lowest BCUT2D eigenvalue weighted by atomic mass is 10.4. The van der Waals surface area contributed by atoms with Crippen LogP contribution in [0.25, 0.3) is 5.82 Å². The average molecular weight is 218 g/mol. The summed E-state index contributed by atoms with van der Waals surface area (Å²) in [6.45, 7) is 3.74. The smallest absolute Gasteiger partial charge is 0.287 e. The fourth-order valence-corrected chi connectivity index (χ4v) is 1.48. The molecule has 0 radical (unpaired) electrons. The Labute approximate surface area is 91.7 Å². The van der Waals surface area contributed by atoms with Gasteiger partial charge in [0.1, 0.15) is 17.8 Å². The van der Waals surface area contributed by atoms with E-state index >= 15 is 0 Å². The second-order valence-corrected chi connectivity index (χ2v) is 3.43. The maximum atomic E-state index is 10.5. The fourth-order valence-electron chi connectivity index (χ4n) is 1.48. The number of pyridine rings is 1. The minimum Gasteiger partial charge on any atom is -0.288 e. The Balaban J connectivity index is 2.42. The Morgan fingerprint density at radius 3 is 2.56 bits per heavy atom. The summed E-state index contributed by atoms with van der Waals surface area (Å²) < 4.78 is 1.79. The van der Waals surface area contributed by atoms with Crippen LogP contribution in [0.1, 0.15) is 11.5 Å². The van der Waals surface area contributed by atoms with Crippen LogP contribution in [-0.4, -0.2) is 19.5 Å². The molecule has 0 aliphatic heterocycles. The number of aryl methyl sites for hydroxylation is 2. The summed E-state index contributed by atoms with van der Waals surface area (Å²) in [5.74, 6) is 1.43. The lowest BCUT2D eigenvalue weighted by molar-refractivity contribution is -0.385. The molecule has 2 aromatic heterocycles. The molecule has 0 N–H and O–H groups in total. The summed E-state index contributed by atoms with van der Waals surface area (Å²) in [5.41, 5.74) is 0.871. The number of aromatic nitrogens is 3. The standard InChI is InChI=1S/C10H10N4O2/c1-7-6-13(8(2)12-7)10-4-3-9(5-11-10)14(15)16/h3-6H,1-2H3. The van der Waals surface area contributed by atoms with Gasteiger partial charge in [0.2, 0.25) is 0 Å². The highest BCUT2D eigenvalue weighted by atomic mass is 16.6. The molecule has 82 valence electrons. The summed E-state index contributed by atoms with van der Waals surface area (Å²) >= 11 is 0. The molecule has 0 unspecified atom stereocenters. The SMILES string of the molecule is Cc1cn(-c2ccc([N+](=O)[O-])cn2)c(C)n1. The summed E-state index contributed by atoms with van der Waals surface area (Å²) in [6, 6.07) is 3.03. The third-order valence-electron chi connectivity index (χ3n) is 2.19. The van der Waals surface area contributed by atoms with Crippen molar-refractivity contribution in [3.05, 3.63) is 46.2 Å². The summed E-state index contributed by atoms with van der Waals surface area (Å²) in [4.78, 5) is 18.3. The predicted molar refractivity (Wildman–Crippen MR) is 57.5 cm³/mol. The first kappa shape index (κ1) is 10.3. The van der Waals surface area contributed by atoms with Gasteiger partial charge >= 0.3 is 0 Å². The molecule has 0 aliphatic rings. The molecule has 0 bridgehead atoms. The Morgan fingerprint density at radius 2 is 2.12 bits per heavy atom. The molecule has 6 heteroatoms. The molecule has 0 amide bonds. The zero-order valence-corrected chi connectivity index (χ0v) is 8.91. The zero-order chi connectivity index (χ0) is 11.7. The first-order valence-corrected chi connectivity index (χ1v) is 4.71. The molecule has 0 fully saturated rings. The third kappa shape index (κ3) is 1.77. The normalized spacial score (nSPS) is 10.4. The van der Waals surface area contributed by atoms with Crippen molar-refractivity contribution in [1.29, 1.82) is 0 Å². The summed E-state index contributed by atoms with van der Waals surface area (Å²) in [7, 11) is 0. The van der Waals surface area contributed by atoms with E-state index in [0.717, 1.165) is 11.5 Å². The van der Waals surface area contributed by atoms with E-state index in [1.807, 2.05) is 20.0 Å². The van der Waals surface area contributed by atoms with Crippen molar-refractivity contribution in [2.45, 2.75) is 13.8 Å². The minimum absolute atomic E-state index is 0.0155. The highest BCUT2D eigenvalue weighted by Gasteiger charge is 2.08. The Kier molecular flexibility index (Phi) is 2.40. The molecule has 0 saturated carbocycles. The largest absolute Gasteiger partial charge is 0.288 e. The van der Waals surface area contributed by atoms with Crippen LogP contribution >= 0.6 is 0 Å². The summed E-state index contributed by atoms with van der Waals surface area (Å²) in [6.07, 6.45) is 3.08. The van der Waals surface area contributed by atoms with Gasteiger partial charge < -0.3 is 0 Å². The monoisotopic (exact) mass is 218 g/mol. The van der Waals surface area contributed by atoms with E-state index in [1.165, 1.54) is 12.3 Å². The molecule has 2 heterocycles. The average Bonchev–Trinajstić information content (AvgIpc) is 2.58. The minimum atomic E-state index is -0.469. The Morgan fingerprint density at radius 1 is 1.38 bits per heavy atom. The van der Waals surface area contributed by atoms with Crippen molar-refractivity contribution >= 4 is 5.69 Å². The second kappa shape index (κ2) is 3.73. The van der Waals surface area contributed by atoms with Gasteiger partial charge in [0.15, 0.2) is 0 Å². The van der Waals surface area contributed by atoms with E-state index in [1.54, 1.807) is 10.6 Å². The quantitative estimate of drug-likeness (QED) is 0.569. The molecule has 0 spiro atoms. The van der Waals surface area contributed by atoms with Gasteiger partial charge in [-0.25, -0.2) is 9.97 Å². The van der Waals surface area contributed by atoms with Gasteiger partial charge in [0, 0.05) is 12.3 Å². The van der Waals surface area contributed by atoms with Crippen molar-refractivity contribution in [2.24, 2.45) is 0 Å². The fraction of sp³-hybridized carbons (Fsp3) is 0.200. The van der Waals surface area contributed by atoms with Crippen LogP contribution in [0.4, 0.5) is 5.69 Å². The van der Waals surface area contributed by atoms with Crippen LogP contribution in [0.2, 0.25) is 0 Å². The van der Waals surface area contributed by atoms with Crippen molar-refractivity contribution in [2.75, 3.05) is 0 Å². The first-order valence-electron chi connectivity index (χ1n) is 4.71. The topological polar surface area (TPSA) is 73.8 Å². The van der Waals surface area contributed by atoms with Crippen LogP contribution < -0.4 is 0 Å². The molecule has 0 aromatic carbocycles. The Hall–Kier alpha value is -2.24. The molecular formula is C10H10N4O2. The van der Waals surface area contributed by atoms with Crippen LogP contribution in [-0.2, 0) is 0 Å². The number of imidazole rings is 1. The number of nitro groups is 1. The van der Waals surface area contributed by atoms with Crippen LogP contribution in [0, 0.1) is 24.0 Å². The maximum Gasteiger partial charge on any atom is 0.287 e. The molecule has 6 nitrogen and oxygen atoms in total. The van der Waals surface area contributed by atoms with Gasteiger partial charge in [-0.1, -0.05) is 0 Å². The molecular weight excluding hydrogens is 208 g/mol. The predicted octanol–water partition coefficient (Wildman–Crippen LogP) is 1.79. The third-order valence-corrected chi connectivity index (χ3v) is 2.19. The first-order chi connectivity index (χ1) is 7.58. The van der Waals surface area contributed by atoms with Crippen molar-refractivity contribution < 1.29 is 4.92 Å². The number of rotatable bonds is 2. The Bertz CT molecular complexity index is 530. The van der Waals surface area contributed by atoms with E-state index in [-0.39, 0.29) is 5.69 Å². The van der Waals surface area contributed by atoms with Crippen LogP contribution in [0.3, 0.4) is 0 Å². The highest BCUT2D eigenvalue weighted by Crippen LogP contribution is 2.13. The number of nitrogens with zero attached hydrogens (tertiary/aromatic N) is 4. The lowest BCUT2D eigenvalue weighted by Gasteiger charge is -2.02. The molecule has 2 aromatic rings. The van der Waals surface area contributed by atoms with E-state index in [9.17, 15) is 10.1 Å². The van der Waals surface area contributed by atoms with E-state index < -0.39 is 4.92 Å². The molecule has 2 rings (SSSR count). The zero-order valence-electron chi connectivity index (χ0n) is 8.91. The van der Waals surface area contributed by atoms with Gasteiger partial charge in [-0.05, 0) is 19.9 Å². The van der Waals surface area contributed by atoms with E-state index in [2.05, 4.69) is 9.97 Å².